The third-order valence-corrected chi connectivity index (χ3v) is 6.73. The van der Waals surface area contributed by atoms with Gasteiger partial charge in [-0.25, -0.2) is 4.57 Å². The molecule has 3 aromatic rings. The molecule has 3 aromatic carbocycles. The molecule has 5 heteroatoms. The van der Waals surface area contributed by atoms with E-state index in [4.69, 9.17) is 9.05 Å². The molecule has 0 saturated heterocycles. The monoisotopic (exact) mass is 409 g/mol. The molecule has 0 aromatic heterocycles. The predicted octanol–water partition coefficient (Wildman–Crippen LogP) is 7.22. The fourth-order valence-electron chi connectivity index (χ4n) is 2.94. The Labute approximate surface area is 173 Å². The van der Waals surface area contributed by atoms with E-state index in [0.717, 1.165) is 33.4 Å². The second-order valence-corrected chi connectivity index (χ2v) is 9.07. The highest BCUT2D eigenvalue weighted by molar-refractivity contribution is 7.56. The van der Waals surface area contributed by atoms with Gasteiger partial charge in [0.05, 0.1) is 0 Å². The van der Waals surface area contributed by atoms with Crippen molar-refractivity contribution in [2.24, 2.45) is 0 Å². The van der Waals surface area contributed by atoms with E-state index in [1.54, 1.807) is 0 Å². The van der Waals surface area contributed by atoms with Gasteiger partial charge >= 0.3 is 7.75 Å². The zero-order valence-corrected chi connectivity index (χ0v) is 18.8. The number of anilines is 1. The summed E-state index contributed by atoms with van der Waals surface area (Å²) in [7, 11) is -3.76. The van der Waals surface area contributed by atoms with E-state index in [1.165, 1.54) is 0 Å². The number of nitrogens with one attached hydrogen (secondary N) is 1. The molecule has 152 valence electrons. The van der Waals surface area contributed by atoms with Crippen LogP contribution < -0.4 is 14.1 Å². The maximum absolute atomic E-state index is 13.9. The average Bonchev–Trinajstić information content (AvgIpc) is 2.66. The lowest BCUT2D eigenvalue weighted by Gasteiger charge is -2.23. The van der Waals surface area contributed by atoms with Crippen molar-refractivity contribution in [3.8, 4) is 11.5 Å². The van der Waals surface area contributed by atoms with Crippen molar-refractivity contribution in [3.63, 3.8) is 0 Å². The van der Waals surface area contributed by atoms with Gasteiger partial charge in [-0.1, -0.05) is 30.3 Å². The highest BCUT2D eigenvalue weighted by Gasteiger charge is 2.30. The summed E-state index contributed by atoms with van der Waals surface area (Å²) < 4.78 is 25.9. The maximum atomic E-state index is 13.9. The molecule has 0 radical (unpaired) electrons. The van der Waals surface area contributed by atoms with Crippen molar-refractivity contribution in [2.75, 3.05) is 5.09 Å². The van der Waals surface area contributed by atoms with Crippen LogP contribution in [-0.4, -0.2) is 0 Å². The first-order valence-corrected chi connectivity index (χ1v) is 11.2. The summed E-state index contributed by atoms with van der Waals surface area (Å²) in [6.45, 7) is 11.9. The quantitative estimate of drug-likeness (QED) is 0.437. The van der Waals surface area contributed by atoms with Gasteiger partial charge < -0.3 is 9.05 Å². The average molecular weight is 409 g/mol. The molecule has 0 heterocycles. The van der Waals surface area contributed by atoms with Gasteiger partial charge in [0.2, 0.25) is 0 Å². The third-order valence-electron chi connectivity index (χ3n) is 5.32. The Morgan fingerprint density at radius 2 is 1.17 bits per heavy atom. The lowest BCUT2D eigenvalue weighted by molar-refractivity contribution is 0.390. The lowest BCUT2D eigenvalue weighted by Crippen LogP contribution is -2.11. The van der Waals surface area contributed by atoms with E-state index in [-0.39, 0.29) is 0 Å². The molecule has 0 aliphatic carbocycles. The molecular weight excluding hydrogens is 381 g/mol. The molecule has 0 saturated carbocycles. The molecule has 0 atom stereocenters. The van der Waals surface area contributed by atoms with E-state index in [2.05, 4.69) is 5.09 Å². The molecule has 0 spiro atoms. The van der Waals surface area contributed by atoms with Crippen LogP contribution in [0.1, 0.15) is 33.4 Å². The van der Waals surface area contributed by atoms with Crippen molar-refractivity contribution in [1.82, 2.24) is 0 Å². The number of benzene rings is 3. The van der Waals surface area contributed by atoms with Gasteiger partial charge in [0.15, 0.2) is 0 Å². The maximum Gasteiger partial charge on any atom is 0.541 e. The van der Waals surface area contributed by atoms with Crippen LogP contribution in [0.5, 0.6) is 11.5 Å². The molecule has 4 nitrogen and oxygen atoms in total. The van der Waals surface area contributed by atoms with Crippen molar-refractivity contribution in [2.45, 2.75) is 41.5 Å². The minimum absolute atomic E-state index is 0.537. The number of rotatable bonds is 6. The van der Waals surface area contributed by atoms with Gasteiger partial charge in [0.1, 0.15) is 11.5 Å². The van der Waals surface area contributed by atoms with Gasteiger partial charge in [0, 0.05) is 5.69 Å². The van der Waals surface area contributed by atoms with Crippen molar-refractivity contribution < 1.29 is 13.6 Å². The van der Waals surface area contributed by atoms with Gasteiger partial charge in [-0.15, -0.1) is 0 Å². The molecule has 0 bridgehead atoms. The van der Waals surface area contributed by atoms with E-state index in [1.807, 2.05) is 96.1 Å². The van der Waals surface area contributed by atoms with Gasteiger partial charge in [0.25, 0.3) is 0 Å². The van der Waals surface area contributed by atoms with Gasteiger partial charge in [-0.3, -0.25) is 5.09 Å². The largest absolute Gasteiger partial charge is 0.541 e. The summed E-state index contributed by atoms with van der Waals surface area (Å²) in [5.74, 6) is 1.07. The van der Waals surface area contributed by atoms with Crippen LogP contribution in [0.25, 0.3) is 0 Å². The Bertz CT molecular complexity index is 1030. The number of hydrogen-bond acceptors (Lipinski definition) is 3. The Kier molecular flexibility index (Phi) is 6.04. The minimum atomic E-state index is -3.76. The van der Waals surface area contributed by atoms with Crippen molar-refractivity contribution in [3.05, 3.63) is 88.0 Å². The first kappa shape index (κ1) is 21.0. The highest BCUT2D eigenvalue weighted by atomic mass is 31.2. The van der Waals surface area contributed by atoms with E-state index >= 15 is 0 Å². The standard InChI is InChI=1S/C24H28NO3P/c1-16-13-14-22(15-19(16)4)25-29(26,27-23-11-7-9-17(2)20(23)5)28-24-12-8-10-18(3)21(24)6/h7-15H,1-6H3,(H,25,26). The van der Waals surface area contributed by atoms with Crippen LogP contribution in [0.3, 0.4) is 0 Å². The van der Waals surface area contributed by atoms with Crippen LogP contribution in [0, 0.1) is 41.5 Å². The topological polar surface area (TPSA) is 47.6 Å². The summed E-state index contributed by atoms with van der Waals surface area (Å²) >= 11 is 0. The lowest BCUT2D eigenvalue weighted by atomic mass is 10.1. The second-order valence-electron chi connectivity index (χ2n) is 7.49. The Morgan fingerprint density at radius 1 is 0.655 bits per heavy atom. The Hall–Kier alpha value is -2.71. The van der Waals surface area contributed by atoms with Crippen LogP contribution in [0.15, 0.2) is 54.6 Å². The molecule has 29 heavy (non-hydrogen) atoms. The molecule has 0 aliphatic rings. The molecule has 3 rings (SSSR count). The van der Waals surface area contributed by atoms with Gasteiger partial charge in [-0.2, -0.15) is 0 Å². The number of hydrogen-bond donors (Lipinski definition) is 1. The molecular formula is C24H28NO3P. The molecule has 0 amide bonds. The smallest absolute Gasteiger partial charge is 0.400 e. The van der Waals surface area contributed by atoms with Crippen LogP contribution in [0.2, 0.25) is 0 Å². The van der Waals surface area contributed by atoms with E-state index in [0.29, 0.717) is 17.2 Å². The summed E-state index contributed by atoms with van der Waals surface area (Å²) in [5.41, 5.74) is 6.93. The number of aryl methyl sites for hydroxylation is 4. The Balaban J connectivity index is 2.01. The fraction of sp³-hybridized carbons (Fsp3) is 0.250. The first-order valence-electron chi connectivity index (χ1n) is 9.66. The molecule has 0 unspecified atom stereocenters. The fourth-order valence-corrected chi connectivity index (χ4v) is 4.44. The van der Waals surface area contributed by atoms with Crippen LogP contribution >= 0.6 is 7.75 Å². The summed E-state index contributed by atoms with van der Waals surface area (Å²) in [4.78, 5) is 0. The first-order chi connectivity index (χ1) is 13.7. The van der Waals surface area contributed by atoms with Crippen LogP contribution in [0.4, 0.5) is 5.69 Å². The molecule has 0 fully saturated rings. The predicted molar refractivity (Wildman–Crippen MR) is 120 cm³/mol. The summed E-state index contributed by atoms with van der Waals surface area (Å²) in [6, 6.07) is 17.2. The molecule has 0 aliphatic heterocycles. The van der Waals surface area contributed by atoms with Crippen molar-refractivity contribution >= 4 is 13.4 Å². The summed E-state index contributed by atoms with van der Waals surface area (Å²) in [6.07, 6.45) is 0. The Morgan fingerprint density at radius 3 is 1.66 bits per heavy atom. The minimum Gasteiger partial charge on any atom is -0.400 e. The van der Waals surface area contributed by atoms with Crippen molar-refractivity contribution in [1.29, 1.82) is 0 Å². The van der Waals surface area contributed by atoms with Crippen LogP contribution in [-0.2, 0) is 4.57 Å². The van der Waals surface area contributed by atoms with E-state index in [9.17, 15) is 4.57 Å². The SMILES string of the molecule is Cc1ccc(NP(=O)(Oc2cccc(C)c2C)Oc2cccc(C)c2C)cc1C. The second kappa shape index (κ2) is 8.34. The van der Waals surface area contributed by atoms with Gasteiger partial charge in [-0.05, 0) is 99.2 Å². The zero-order chi connectivity index (χ0) is 21.2. The third kappa shape index (κ3) is 4.83. The highest BCUT2D eigenvalue weighted by Crippen LogP contribution is 2.50. The summed E-state index contributed by atoms with van der Waals surface area (Å²) in [5, 5.41) is 3.02. The molecule has 1 N–H and O–H groups in total. The zero-order valence-electron chi connectivity index (χ0n) is 17.9. The van der Waals surface area contributed by atoms with E-state index < -0.39 is 7.75 Å². The normalized spacial score (nSPS) is 11.2.